The molecule has 0 amide bonds. The number of rotatable bonds is 0. The Labute approximate surface area is 49.6 Å². The summed E-state index contributed by atoms with van der Waals surface area (Å²) in [7, 11) is 0. The third kappa shape index (κ3) is 0.607. The maximum Gasteiger partial charge on any atom is 0.299 e. The van der Waals surface area contributed by atoms with Crippen molar-refractivity contribution in [2.75, 3.05) is 0 Å². The van der Waals surface area contributed by atoms with E-state index < -0.39 is 17.5 Å². The Morgan fingerprint density at radius 1 is 1.62 bits per heavy atom. The van der Waals surface area contributed by atoms with E-state index in [1.165, 1.54) is 0 Å². The number of hydrogen-bond donors (Lipinski definition) is 0. The van der Waals surface area contributed by atoms with E-state index in [0.29, 0.717) is 0 Å². The molecule has 0 heterocycles. The first-order valence-corrected chi connectivity index (χ1v) is 2.46. The van der Waals surface area contributed by atoms with E-state index in [4.69, 9.17) is 11.6 Å². The zero-order chi connectivity index (χ0) is 6.36. The molecule has 0 aromatic heterocycles. The summed E-state index contributed by atoms with van der Waals surface area (Å²) in [5, 5.41) is -0.565. The zero-order valence-electron chi connectivity index (χ0n) is 3.80. The average Bonchev–Trinajstić information content (AvgIpc) is 1.68. The summed E-state index contributed by atoms with van der Waals surface area (Å²) < 4.78 is 35.3. The smallest absolute Gasteiger partial charge is 0.241 e. The van der Waals surface area contributed by atoms with Crippen LogP contribution in [0.4, 0.5) is 13.2 Å². The monoisotopic (exact) mass is 143 g/mol. The highest BCUT2D eigenvalue weighted by atomic mass is 35.5. The van der Waals surface area contributed by atoms with Gasteiger partial charge in [-0.25, -0.2) is 13.2 Å². The molecule has 47 valence electrons. The van der Waals surface area contributed by atoms with Crippen LogP contribution >= 0.6 is 11.6 Å². The molecule has 0 aromatic rings. The normalized spacial score (nSPS) is 36.8. The standard InChI is InChI=1S/C4H3ClF3/c5-2-1-3(6)4(2,7)8/h3H,1H2. The van der Waals surface area contributed by atoms with Crippen LogP contribution in [0, 0.1) is 5.38 Å². The molecule has 0 N–H and O–H groups in total. The molecule has 1 atom stereocenters. The van der Waals surface area contributed by atoms with Gasteiger partial charge in [0.05, 0.1) is 0 Å². The molecule has 1 aliphatic rings. The highest BCUT2D eigenvalue weighted by Crippen LogP contribution is 2.49. The predicted molar refractivity (Wildman–Crippen MR) is 23.6 cm³/mol. The first-order valence-electron chi connectivity index (χ1n) is 2.09. The van der Waals surface area contributed by atoms with E-state index >= 15 is 0 Å². The van der Waals surface area contributed by atoms with Crippen molar-refractivity contribution in [3.8, 4) is 0 Å². The minimum atomic E-state index is -3.35. The molecule has 0 saturated heterocycles. The quantitative estimate of drug-likeness (QED) is 0.487. The van der Waals surface area contributed by atoms with Crippen LogP contribution in [0.2, 0.25) is 0 Å². The van der Waals surface area contributed by atoms with Crippen molar-refractivity contribution in [2.24, 2.45) is 0 Å². The van der Waals surface area contributed by atoms with E-state index in [2.05, 4.69) is 0 Å². The molecular formula is C4H3ClF3. The van der Waals surface area contributed by atoms with Crippen molar-refractivity contribution in [1.82, 2.24) is 0 Å². The molecule has 1 unspecified atom stereocenters. The summed E-state index contributed by atoms with van der Waals surface area (Å²) in [6.45, 7) is 0. The predicted octanol–water partition coefficient (Wildman–Crippen LogP) is 2.13. The second-order valence-electron chi connectivity index (χ2n) is 1.70. The molecule has 1 saturated carbocycles. The summed E-state index contributed by atoms with van der Waals surface area (Å²) >= 11 is 4.86. The molecule has 1 radical (unpaired) electrons. The minimum absolute atomic E-state index is 0.297. The van der Waals surface area contributed by atoms with Gasteiger partial charge in [0.15, 0.2) is 6.17 Å². The van der Waals surface area contributed by atoms with Gasteiger partial charge in [0.1, 0.15) is 5.38 Å². The lowest BCUT2D eigenvalue weighted by molar-refractivity contribution is -0.101. The van der Waals surface area contributed by atoms with Gasteiger partial charge in [0.25, 0.3) is 5.92 Å². The van der Waals surface area contributed by atoms with Crippen LogP contribution in [0.3, 0.4) is 0 Å². The molecule has 0 spiro atoms. The van der Waals surface area contributed by atoms with Crippen molar-refractivity contribution < 1.29 is 13.2 Å². The molecule has 8 heavy (non-hydrogen) atoms. The van der Waals surface area contributed by atoms with Gasteiger partial charge in [-0.3, -0.25) is 0 Å². The molecular weight excluding hydrogens is 140 g/mol. The van der Waals surface area contributed by atoms with Gasteiger partial charge in [0, 0.05) is 6.42 Å². The van der Waals surface area contributed by atoms with Crippen molar-refractivity contribution in [2.45, 2.75) is 18.5 Å². The van der Waals surface area contributed by atoms with E-state index in [1.54, 1.807) is 0 Å². The fourth-order valence-corrected chi connectivity index (χ4v) is 0.714. The van der Waals surface area contributed by atoms with Crippen LogP contribution in [-0.4, -0.2) is 12.1 Å². The third-order valence-electron chi connectivity index (χ3n) is 1.11. The van der Waals surface area contributed by atoms with Crippen LogP contribution in [-0.2, 0) is 0 Å². The average molecular weight is 144 g/mol. The summed E-state index contributed by atoms with van der Waals surface area (Å²) in [5.74, 6) is -3.35. The molecule has 1 rings (SSSR count). The van der Waals surface area contributed by atoms with Crippen LogP contribution in [0.25, 0.3) is 0 Å². The summed E-state index contributed by atoms with van der Waals surface area (Å²) in [6, 6.07) is 0. The SMILES string of the molecule is FC1C[C](Cl)C1(F)F. The summed E-state index contributed by atoms with van der Waals surface area (Å²) in [6.07, 6.45) is -2.34. The highest BCUT2D eigenvalue weighted by Gasteiger charge is 2.58. The van der Waals surface area contributed by atoms with Crippen LogP contribution in [0.1, 0.15) is 6.42 Å². The molecule has 0 aromatic carbocycles. The highest BCUT2D eigenvalue weighted by molar-refractivity contribution is 6.28. The van der Waals surface area contributed by atoms with Crippen molar-refractivity contribution >= 4 is 11.6 Å². The number of alkyl halides is 3. The molecule has 0 aliphatic heterocycles. The zero-order valence-corrected chi connectivity index (χ0v) is 4.55. The topological polar surface area (TPSA) is 0 Å². The Morgan fingerprint density at radius 2 is 2.12 bits per heavy atom. The van der Waals surface area contributed by atoms with Crippen LogP contribution in [0.15, 0.2) is 0 Å². The Hall–Kier alpha value is 0.0800. The first-order chi connectivity index (χ1) is 3.55. The van der Waals surface area contributed by atoms with Gasteiger partial charge >= 0.3 is 0 Å². The van der Waals surface area contributed by atoms with E-state index in [9.17, 15) is 13.2 Å². The molecule has 4 heteroatoms. The first kappa shape index (κ1) is 6.20. The Balaban J connectivity index is 2.52. The maximum absolute atomic E-state index is 11.8. The Kier molecular flexibility index (Phi) is 1.19. The van der Waals surface area contributed by atoms with Gasteiger partial charge in [-0.1, -0.05) is 0 Å². The van der Waals surface area contributed by atoms with Gasteiger partial charge in [-0.05, 0) is 0 Å². The van der Waals surface area contributed by atoms with Gasteiger partial charge in [-0.2, -0.15) is 0 Å². The Bertz CT molecular complexity index is 93.5. The second-order valence-corrected chi connectivity index (χ2v) is 2.16. The van der Waals surface area contributed by atoms with Crippen molar-refractivity contribution in [1.29, 1.82) is 0 Å². The van der Waals surface area contributed by atoms with Gasteiger partial charge < -0.3 is 0 Å². The molecule has 1 fully saturated rings. The summed E-state index contributed by atoms with van der Waals surface area (Å²) in [5.41, 5.74) is 0. The fourth-order valence-electron chi connectivity index (χ4n) is 0.460. The number of halogens is 4. The van der Waals surface area contributed by atoms with Gasteiger partial charge in [0.2, 0.25) is 0 Å². The summed E-state index contributed by atoms with van der Waals surface area (Å²) in [4.78, 5) is 0. The van der Waals surface area contributed by atoms with E-state index in [-0.39, 0.29) is 6.42 Å². The molecule has 0 nitrogen and oxygen atoms in total. The van der Waals surface area contributed by atoms with Crippen LogP contribution in [0.5, 0.6) is 0 Å². The largest absolute Gasteiger partial charge is 0.299 e. The van der Waals surface area contributed by atoms with Crippen molar-refractivity contribution in [3.05, 3.63) is 5.38 Å². The van der Waals surface area contributed by atoms with E-state index in [0.717, 1.165) is 0 Å². The Morgan fingerprint density at radius 3 is 2.12 bits per heavy atom. The fraction of sp³-hybridized carbons (Fsp3) is 0.750. The maximum atomic E-state index is 11.8. The number of hydrogen-bond acceptors (Lipinski definition) is 0. The van der Waals surface area contributed by atoms with Crippen molar-refractivity contribution in [3.63, 3.8) is 0 Å². The molecule has 1 aliphatic carbocycles. The van der Waals surface area contributed by atoms with Gasteiger partial charge in [-0.15, -0.1) is 11.6 Å². The lowest BCUT2D eigenvalue weighted by Gasteiger charge is -2.34. The second kappa shape index (κ2) is 1.53. The lowest BCUT2D eigenvalue weighted by atomic mass is 9.92. The third-order valence-corrected chi connectivity index (χ3v) is 1.52. The molecule has 0 bridgehead atoms. The lowest BCUT2D eigenvalue weighted by Crippen LogP contribution is -2.46. The van der Waals surface area contributed by atoms with Crippen LogP contribution < -0.4 is 0 Å². The van der Waals surface area contributed by atoms with E-state index in [1.807, 2.05) is 0 Å². The minimum Gasteiger partial charge on any atom is -0.241 e.